The van der Waals surface area contributed by atoms with Crippen LogP contribution in [-0.2, 0) is 11.0 Å². The SMILES string of the molecule is COc1cccc(C=N[S@@](=O)C(C)(C)C)c1C. The summed E-state index contributed by atoms with van der Waals surface area (Å²) in [6.07, 6.45) is 1.65. The highest BCUT2D eigenvalue weighted by Crippen LogP contribution is 2.20. The van der Waals surface area contributed by atoms with Crippen LogP contribution in [0.4, 0.5) is 0 Å². The lowest BCUT2D eigenvalue weighted by atomic mass is 10.1. The van der Waals surface area contributed by atoms with E-state index in [1.165, 1.54) is 0 Å². The summed E-state index contributed by atoms with van der Waals surface area (Å²) in [5.41, 5.74) is 1.94. The van der Waals surface area contributed by atoms with Crippen molar-refractivity contribution in [2.24, 2.45) is 4.40 Å². The monoisotopic (exact) mass is 253 g/mol. The number of hydrogen-bond donors (Lipinski definition) is 0. The van der Waals surface area contributed by atoms with Gasteiger partial charge in [-0.3, -0.25) is 0 Å². The first-order valence-corrected chi connectivity index (χ1v) is 6.56. The van der Waals surface area contributed by atoms with Gasteiger partial charge in [-0.2, -0.15) is 4.40 Å². The van der Waals surface area contributed by atoms with Crippen molar-refractivity contribution in [2.45, 2.75) is 32.4 Å². The Morgan fingerprint density at radius 3 is 2.53 bits per heavy atom. The summed E-state index contributed by atoms with van der Waals surface area (Å²) >= 11 is 0. The van der Waals surface area contributed by atoms with Crippen LogP contribution in [0, 0.1) is 6.92 Å². The highest BCUT2D eigenvalue weighted by atomic mass is 32.2. The number of nitrogens with zero attached hydrogens (tertiary/aromatic N) is 1. The van der Waals surface area contributed by atoms with Crippen molar-refractivity contribution in [3.05, 3.63) is 29.3 Å². The fourth-order valence-electron chi connectivity index (χ4n) is 1.26. The average molecular weight is 253 g/mol. The minimum Gasteiger partial charge on any atom is -0.496 e. The molecule has 17 heavy (non-hydrogen) atoms. The molecule has 3 nitrogen and oxygen atoms in total. The molecule has 94 valence electrons. The first-order valence-electron chi connectivity index (χ1n) is 5.46. The van der Waals surface area contributed by atoms with Gasteiger partial charge in [0.2, 0.25) is 0 Å². The number of hydrogen-bond acceptors (Lipinski definition) is 2. The van der Waals surface area contributed by atoms with Gasteiger partial charge >= 0.3 is 0 Å². The molecule has 0 spiro atoms. The van der Waals surface area contributed by atoms with Gasteiger partial charge in [-0.15, -0.1) is 0 Å². The summed E-state index contributed by atoms with van der Waals surface area (Å²) in [6.45, 7) is 7.66. The second-order valence-corrected chi connectivity index (χ2v) is 6.70. The Morgan fingerprint density at radius 1 is 1.35 bits per heavy atom. The minimum absolute atomic E-state index is 0.330. The third kappa shape index (κ3) is 3.66. The van der Waals surface area contributed by atoms with Gasteiger partial charge in [-0.1, -0.05) is 12.1 Å². The van der Waals surface area contributed by atoms with Crippen molar-refractivity contribution in [2.75, 3.05) is 7.11 Å². The Hall–Kier alpha value is -1.16. The second-order valence-electron chi connectivity index (χ2n) is 4.77. The molecule has 1 aromatic rings. The van der Waals surface area contributed by atoms with Crippen molar-refractivity contribution in [1.29, 1.82) is 0 Å². The molecular weight excluding hydrogens is 234 g/mol. The number of ether oxygens (including phenoxy) is 1. The van der Waals surface area contributed by atoms with Gasteiger partial charge in [0, 0.05) is 11.8 Å². The molecule has 1 rings (SSSR count). The van der Waals surface area contributed by atoms with E-state index in [2.05, 4.69) is 4.40 Å². The predicted octanol–water partition coefficient (Wildman–Crippen LogP) is 2.88. The molecule has 0 amide bonds. The number of benzene rings is 1. The quantitative estimate of drug-likeness (QED) is 0.777. The fraction of sp³-hybridized carbons (Fsp3) is 0.462. The molecule has 0 saturated carbocycles. The molecule has 0 bridgehead atoms. The molecule has 0 N–H and O–H groups in total. The van der Waals surface area contributed by atoms with Crippen LogP contribution >= 0.6 is 0 Å². The Kier molecular flexibility index (Phi) is 4.46. The number of rotatable bonds is 3. The third-order valence-electron chi connectivity index (χ3n) is 2.36. The van der Waals surface area contributed by atoms with E-state index >= 15 is 0 Å². The summed E-state index contributed by atoms with van der Waals surface area (Å²) in [5.74, 6) is 0.815. The van der Waals surface area contributed by atoms with E-state index in [4.69, 9.17) is 4.74 Å². The fourth-order valence-corrected chi connectivity index (χ4v) is 1.78. The maximum atomic E-state index is 11.8. The van der Waals surface area contributed by atoms with Crippen molar-refractivity contribution < 1.29 is 8.95 Å². The van der Waals surface area contributed by atoms with Crippen LogP contribution in [0.15, 0.2) is 22.6 Å². The zero-order valence-corrected chi connectivity index (χ0v) is 11.8. The van der Waals surface area contributed by atoms with Gasteiger partial charge in [-0.25, -0.2) is 4.21 Å². The molecule has 0 aliphatic rings. The lowest BCUT2D eigenvalue weighted by Crippen LogP contribution is -2.19. The van der Waals surface area contributed by atoms with Gasteiger partial charge < -0.3 is 4.74 Å². The van der Waals surface area contributed by atoms with Gasteiger partial charge in [0.05, 0.1) is 11.9 Å². The zero-order valence-electron chi connectivity index (χ0n) is 11.0. The molecule has 0 heterocycles. The molecule has 0 aromatic heterocycles. The van der Waals surface area contributed by atoms with Gasteiger partial charge in [0.15, 0.2) is 0 Å². The van der Waals surface area contributed by atoms with Crippen LogP contribution in [0.25, 0.3) is 0 Å². The van der Waals surface area contributed by atoms with Crippen molar-refractivity contribution >= 4 is 17.2 Å². The molecule has 1 atom stereocenters. The Bertz CT molecular complexity index is 447. The Morgan fingerprint density at radius 2 is 2.00 bits per heavy atom. The highest BCUT2D eigenvalue weighted by Gasteiger charge is 2.18. The molecule has 0 radical (unpaired) electrons. The van der Waals surface area contributed by atoms with Crippen LogP contribution < -0.4 is 4.74 Å². The maximum Gasteiger partial charge on any atom is 0.144 e. The van der Waals surface area contributed by atoms with E-state index in [0.29, 0.717) is 0 Å². The van der Waals surface area contributed by atoms with Crippen LogP contribution in [0.5, 0.6) is 5.75 Å². The molecular formula is C13H19NO2S. The molecule has 0 unspecified atom stereocenters. The lowest BCUT2D eigenvalue weighted by Gasteiger charge is -2.13. The summed E-state index contributed by atoms with van der Waals surface area (Å²) in [7, 11) is 0.409. The smallest absolute Gasteiger partial charge is 0.144 e. The lowest BCUT2D eigenvalue weighted by molar-refractivity contribution is 0.411. The normalized spacial score (nSPS) is 13.9. The van der Waals surface area contributed by atoms with Crippen LogP contribution in [0.3, 0.4) is 0 Å². The summed E-state index contributed by atoms with van der Waals surface area (Å²) in [6, 6.07) is 5.72. The Labute approximate surface area is 106 Å². The molecule has 0 aliphatic heterocycles. The maximum absolute atomic E-state index is 11.8. The van der Waals surface area contributed by atoms with Gasteiger partial charge in [0.1, 0.15) is 16.7 Å². The second kappa shape index (κ2) is 5.45. The first kappa shape index (κ1) is 13.9. The molecule has 4 heteroatoms. The number of methoxy groups -OCH3 is 1. The topological polar surface area (TPSA) is 38.7 Å². The zero-order chi connectivity index (χ0) is 13.1. The van der Waals surface area contributed by atoms with Crippen molar-refractivity contribution in [3.63, 3.8) is 0 Å². The summed E-state index contributed by atoms with van der Waals surface area (Å²) in [5, 5.41) is 0. The first-order chi connectivity index (χ1) is 7.86. The van der Waals surface area contributed by atoms with E-state index in [9.17, 15) is 4.21 Å². The van der Waals surface area contributed by atoms with E-state index in [1.54, 1.807) is 13.3 Å². The molecule has 0 fully saturated rings. The summed E-state index contributed by atoms with van der Waals surface area (Å²) < 4.78 is 20.8. The van der Waals surface area contributed by atoms with E-state index in [0.717, 1.165) is 16.9 Å². The summed E-state index contributed by atoms with van der Waals surface area (Å²) in [4.78, 5) is 0. The molecule has 0 aliphatic carbocycles. The highest BCUT2D eigenvalue weighted by molar-refractivity contribution is 7.85. The largest absolute Gasteiger partial charge is 0.496 e. The minimum atomic E-state index is -1.23. The van der Waals surface area contributed by atoms with Gasteiger partial charge in [-0.05, 0) is 39.3 Å². The van der Waals surface area contributed by atoms with Crippen LogP contribution in [-0.4, -0.2) is 22.3 Å². The van der Waals surface area contributed by atoms with Crippen molar-refractivity contribution in [1.82, 2.24) is 0 Å². The standard InChI is InChI=1S/C13H19NO2S/c1-10-11(7-6-8-12(10)16-5)9-14-17(15)13(2,3)4/h6-9H,1-5H3/t17-/m0/s1. The van der Waals surface area contributed by atoms with E-state index in [-0.39, 0.29) is 4.75 Å². The van der Waals surface area contributed by atoms with Crippen LogP contribution in [0.2, 0.25) is 0 Å². The third-order valence-corrected chi connectivity index (χ3v) is 3.70. The molecule has 1 aromatic carbocycles. The predicted molar refractivity (Wildman–Crippen MR) is 73.2 cm³/mol. The van der Waals surface area contributed by atoms with E-state index < -0.39 is 11.0 Å². The van der Waals surface area contributed by atoms with E-state index in [1.807, 2.05) is 45.9 Å². The average Bonchev–Trinajstić information content (AvgIpc) is 2.26. The van der Waals surface area contributed by atoms with Gasteiger partial charge in [0.25, 0.3) is 0 Å². The molecule has 0 saturated heterocycles. The Balaban J connectivity index is 2.97. The van der Waals surface area contributed by atoms with Crippen LogP contribution in [0.1, 0.15) is 31.9 Å². The van der Waals surface area contributed by atoms with Crippen molar-refractivity contribution in [3.8, 4) is 5.75 Å².